The minimum Gasteiger partial charge on any atom is -0.300 e. The summed E-state index contributed by atoms with van der Waals surface area (Å²) < 4.78 is 0. The predicted octanol–water partition coefficient (Wildman–Crippen LogP) is 6.56. The van der Waals surface area contributed by atoms with Crippen LogP contribution < -0.4 is 0 Å². The van der Waals surface area contributed by atoms with Crippen LogP contribution in [-0.4, -0.2) is 24.0 Å². The standard InChI is InChI=1S/C22H41N/c1-23-21-13-9-4-2-3-7-11-19(15-17-21)20-12-8-5-6-10-14-22(23)18-16-20/h19-22H,2-18H2,1H3. The lowest BCUT2D eigenvalue weighted by molar-refractivity contribution is 0.135. The Hall–Kier alpha value is -0.0400. The minimum atomic E-state index is 0.889. The summed E-state index contributed by atoms with van der Waals surface area (Å²) >= 11 is 0. The van der Waals surface area contributed by atoms with Gasteiger partial charge in [-0.05, 0) is 57.4 Å². The number of fused-ring (bicyclic) bond motifs is 7. The number of rotatable bonds is 0. The van der Waals surface area contributed by atoms with Crippen LogP contribution >= 0.6 is 0 Å². The summed E-state index contributed by atoms with van der Waals surface area (Å²) in [6.07, 6.45) is 25.6. The fourth-order valence-corrected chi connectivity index (χ4v) is 5.90. The van der Waals surface area contributed by atoms with Gasteiger partial charge in [-0.15, -0.1) is 0 Å². The molecule has 3 rings (SSSR count). The van der Waals surface area contributed by atoms with Gasteiger partial charge < -0.3 is 4.90 Å². The van der Waals surface area contributed by atoms with E-state index in [9.17, 15) is 0 Å². The quantitative estimate of drug-likeness (QED) is 0.488. The molecule has 0 aromatic rings. The molecule has 2 aliphatic carbocycles. The second kappa shape index (κ2) is 9.44. The van der Waals surface area contributed by atoms with E-state index in [1.54, 1.807) is 12.8 Å². The average molecular weight is 320 g/mol. The maximum Gasteiger partial charge on any atom is 0.00952 e. The van der Waals surface area contributed by atoms with Crippen LogP contribution in [0, 0.1) is 11.8 Å². The van der Waals surface area contributed by atoms with E-state index in [0.717, 1.165) is 23.9 Å². The second-order valence-corrected chi connectivity index (χ2v) is 8.98. The molecule has 0 aromatic carbocycles. The van der Waals surface area contributed by atoms with Gasteiger partial charge in [-0.1, -0.05) is 70.6 Å². The van der Waals surface area contributed by atoms with Gasteiger partial charge >= 0.3 is 0 Å². The number of hydrogen-bond acceptors (Lipinski definition) is 1. The minimum absolute atomic E-state index is 0.889. The molecule has 2 saturated carbocycles. The molecule has 4 unspecified atom stereocenters. The first kappa shape index (κ1) is 17.8. The van der Waals surface area contributed by atoms with Crippen molar-refractivity contribution in [1.29, 1.82) is 0 Å². The van der Waals surface area contributed by atoms with Gasteiger partial charge in [0.1, 0.15) is 0 Å². The molecule has 0 amide bonds. The first-order valence-electron chi connectivity index (χ1n) is 11.1. The van der Waals surface area contributed by atoms with Crippen LogP contribution in [0.4, 0.5) is 0 Å². The highest BCUT2D eigenvalue weighted by molar-refractivity contribution is 4.84. The molecule has 0 radical (unpaired) electrons. The van der Waals surface area contributed by atoms with E-state index < -0.39 is 0 Å². The van der Waals surface area contributed by atoms with Crippen molar-refractivity contribution in [3.8, 4) is 0 Å². The maximum atomic E-state index is 2.86. The number of nitrogens with zero attached hydrogens (tertiary/aromatic N) is 1. The van der Waals surface area contributed by atoms with E-state index in [1.165, 1.54) is 96.3 Å². The third-order valence-electron chi connectivity index (χ3n) is 7.53. The highest BCUT2D eigenvalue weighted by Gasteiger charge is 2.30. The van der Waals surface area contributed by atoms with Crippen molar-refractivity contribution in [3.63, 3.8) is 0 Å². The Morgan fingerprint density at radius 3 is 1.30 bits per heavy atom. The van der Waals surface area contributed by atoms with Crippen molar-refractivity contribution in [2.75, 3.05) is 7.05 Å². The van der Waals surface area contributed by atoms with Gasteiger partial charge in [0.25, 0.3) is 0 Å². The van der Waals surface area contributed by atoms with Crippen LogP contribution in [0.25, 0.3) is 0 Å². The average Bonchev–Trinajstić information content (AvgIpc) is 2.60. The smallest absolute Gasteiger partial charge is 0.00952 e. The van der Waals surface area contributed by atoms with Gasteiger partial charge in [0.15, 0.2) is 0 Å². The van der Waals surface area contributed by atoms with E-state index in [-0.39, 0.29) is 0 Å². The first-order valence-corrected chi connectivity index (χ1v) is 11.1. The zero-order valence-corrected chi connectivity index (χ0v) is 15.8. The molecule has 1 heteroatoms. The summed E-state index contributed by atoms with van der Waals surface area (Å²) in [4.78, 5) is 2.86. The molecule has 3 aliphatic rings. The summed E-state index contributed by atoms with van der Waals surface area (Å²) in [5.74, 6) is 2.12. The van der Waals surface area contributed by atoms with E-state index in [0.29, 0.717) is 0 Å². The Morgan fingerprint density at radius 1 is 0.435 bits per heavy atom. The molecule has 0 aromatic heterocycles. The predicted molar refractivity (Wildman–Crippen MR) is 101 cm³/mol. The van der Waals surface area contributed by atoms with Crippen molar-refractivity contribution in [2.24, 2.45) is 11.8 Å². The molecule has 1 aliphatic heterocycles. The highest BCUT2D eigenvalue weighted by atomic mass is 15.2. The Morgan fingerprint density at radius 2 is 0.826 bits per heavy atom. The molecule has 134 valence electrons. The normalized spacial score (nSPS) is 39.0. The monoisotopic (exact) mass is 319 g/mol. The molecule has 4 bridgehead atoms. The van der Waals surface area contributed by atoms with E-state index >= 15 is 0 Å². The molecule has 4 atom stereocenters. The summed E-state index contributed by atoms with van der Waals surface area (Å²) in [6.45, 7) is 0. The van der Waals surface area contributed by atoms with Crippen LogP contribution in [0.5, 0.6) is 0 Å². The van der Waals surface area contributed by atoms with Crippen LogP contribution in [0.15, 0.2) is 0 Å². The van der Waals surface area contributed by atoms with Crippen LogP contribution in [0.3, 0.4) is 0 Å². The summed E-state index contributed by atoms with van der Waals surface area (Å²) in [6, 6.07) is 1.78. The van der Waals surface area contributed by atoms with Gasteiger partial charge in [-0.2, -0.15) is 0 Å². The molecule has 0 N–H and O–H groups in total. The van der Waals surface area contributed by atoms with Crippen molar-refractivity contribution in [3.05, 3.63) is 0 Å². The molecule has 3 fully saturated rings. The highest BCUT2D eigenvalue weighted by Crippen LogP contribution is 2.38. The molecule has 1 saturated heterocycles. The topological polar surface area (TPSA) is 3.24 Å². The zero-order valence-electron chi connectivity index (χ0n) is 15.8. The largest absolute Gasteiger partial charge is 0.300 e. The summed E-state index contributed by atoms with van der Waals surface area (Å²) in [5, 5.41) is 0. The van der Waals surface area contributed by atoms with Crippen LogP contribution in [-0.2, 0) is 0 Å². The molecular formula is C22H41N. The van der Waals surface area contributed by atoms with Crippen LogP contribution in [0.2, 0.25) is 0 Å². The fourth-order valence-electron chi connectivity index (χ4n) is 5.90. The lowest BCUT2D eigenvalue weighted by atomic mass is 9.77. The van der Waals surface area contributed by atoms with Gasteiger partial charge in [0, 0.05) is 12.1 Å². The molecule has 1 heterocycles. The third-order valence-corrected chi connectivity index (χ3v) is 7.53. The maximum absolute atomic E-state index is 2.86. The Kier molecular flexibility index (Phi) is 7.30. The Balaban J connectivity index is 1.79. The fraction of sp³-hybridized carbons (Fsp3) is 1.00. The van der Waals surface area contributed by atoms with E-state index in [1.807, 2.05) is 0 Å². The van der Waals surface area contributed by atoms with Crippen molar-refractivity contribution in [1.82, 2.24) is 4.90 Å². The molecule has 0 spiro atoms. The Bertz CT molecular complexity index is 326. The van der Waals surface area contributed by atoms with Gasteiger partial charge in [-0.25, -0.2) is 0 Å². The second-order valence-electron chi connectivity index (χ2n) is 8.98. The van der Waals surface area contributed by atoms with Crippen LogP contribution in [0.1, 0.15) is 109 Å². The molecular weight excluding hydrogens is 278 g/mol. The van der Waals surface area contributed by atoms with Gasteiger partial charge in [-0.3, -0.25) is 0 Å². The van der Waals surface area contributed by atoms with E-state index in [2.05, 4.69) is 11.9 Å². The SMILES string of the molecule is CN1C2CCCCCCCC(CC2)C2CCCCCCC1CC2. The van der Waals surface area contributed by atoms with Gasteiger partial charge in [0.05, 0.1) is 0 Å². The first-order chi connectivity index (χ1) is 11.3. The summed E-state index contributed by atoms with van der Waals surface area (Å²) in [5.41, 5.74) is 0. The lowest BCUT2D eigenvalue weighted by Gasteiger charge is -2.35. The molecule has 1 nitrogen and oxygen atoms in total. The van der Waals surface area contributed by atoms with Crippen molar-refractivity contribution >= 4 is 0 Å². The third kappa shape index (κ3) is 5.21. The Labute approximate surface area is 145 Å². The van der Waals surface area contributed by atoms with Crippen molar-refractivity contribution in [2.45, 2.75) is 121 Å². The summed E-state index contributed by atoms with van der Waals surface area (Å²) in [7, 11) is 2.48. The van der Waals surface area contributed by atoms with Crippen molar-refractivity contribution < 1.29 is 0 Å². The van der Waals surface area contributed by atoms with E-state index in [4.69, 9.17) is 0 Å². The van der Waals surface area contributed by atoms with Gasteiger partial charge in [0.2, 0.25) is 0 Å². The lowest BCUT2D eigenvalue weighted by Crippen LogP contribution is -2.40. The zero-order chi connectivity index (χ0) is 15.9. The number of hydrogen-bond donors (Lipinski definition) is 0. The molecule has 23 heavy (non-hydrogen) atoms.